The van der Waals surface area contributed by atoms with Crippen molar-refractivity contribution in [2.24, 2.45) is 0 Å². The van der Waals surface area contributed by atoms with Crippen molar-refractivity contribution in [3.05, 3.63) is 62.7 Å². The van der Waals surface area contributed by atoms with E-state index in [0.29, 0.717) is 70.2 Å². The molecule has 0 saturated carbocycles. The SMILES string of the molecule is COc1cc2c(cc1O)CCN[C@]21CS[C@@H]2c3c(OC(C)=O)c(C)c4c(c3[C@H](COC1=O)N1C2[C@H]2NC(Cc3cc(C)c(OC)c(O)c32)[C@@H]1C#N)OCO4. The highest BCUT2D eigenvalue weighted by Gasteiger charge is 2.60. The molecular weight excluding hydrogens is 717 g/mol. The van der Waals surface area contributed by atoms with Crippen LogP contribution in [-0.4, -0.2) is 85.1 Å². The molecule has 0 aliphatic carbocycles. The second-order valence-electron chi connectivity index (χ2n) is 14.7. The first-order valence-electron chi connectivity index (χ1n) is 17.9. The lowest BCUT2D eigenvalue weighted by molar-refractivity contribution is -0.155. The Morgan fingerprint density at radius 2 is 1.85 bits per heavy atom. The van der Waals surface area contributed by atoms with E-state index < -0.39 is 46.9 Å². The van der Waals surface area contributed by atoms with Crippen LogP contribution in [0.4, 0.5) is 0 Å². The summed E-state index contributed by atoms with van der Waals surface area (Å²) in [5.41, 5.74) is 4.33. The van der Waals surface area contributed by atoms with Gasteiger partial charge in [-0.1, -0.05) is 6.07 Å². The number of rotatable bonds is 3. The molecule has 7 heterocycles. The predicted octanol–water partition coefficient (Wildman–Crippen LogP) is 3.64. The Kier molecular flexibility index (Phi) is 8.13. The first kappa shape index (κ1) is 34.9. The normalized spacial score (nSPS) is 28.9. The van der Waals surface area contributed by atoms with Crippen LogP contribution >= 0.6 is 11.8 Å². The van der Waals surface area contributed by atoms with Gasteiger partial charge in [-0.3, -0.25) is 15.0 Å². The summed E-state index contributed by atoms with van der Waals surface area (Å²) in [5.74, 6) is 0.913. The molecule has 10 rings (SSSR count). The number of esters is 2. The Hall–Kier alpha value is -4.88. The minimum atomic E-state index is -1.36. The molecular formula is C39H40N4O10S. The van der Waals surface area contributed by atoms with Gasteiger partial charge in [-0.15, -0.1) is 11.8 Å². The number of nitriles is 1. The summed E-state index contributed by atoms with van der Waals surface area (Å²) in [7, 11) is 2.99. The van der Waals surface area contributed by atoms with Crippen molar-refractivity contribution < 1.29 is 48.2 Å². The summed E-state index contributed by atoms with van der Waals surface area (Å²) in [6.07, 6.45) is 1.03. The molecule has 15 heteroatoms. The lowest BCUT2D eigenvalue weighted by atomic mass is 9.72. The van der Waals surface area contributed by atoms with Crippen molar-refractivity contribution in [2.45, 2.75) is 74.6 Å². The number of aryl methyl sites for hydroxylation is 1. The van der Waals surface area contributed by atoms with E-state index in [1.807, 2.05) is 19.9 Å². The fourth-order valence-corrected chi connectivity index (χ4v) is 11.5. The molecule has 0 aromatic heterocycles. The van der Waals surface area contributed by atoms with Crippen molar-refractivity contribution in [3.63, 3.8) is 0 Å². The second-order valence-corrected chi connectivity index (χ2v) is 15.8. The molecule has 54 heavy (non-hydrogen) atoms. The van der Waals surface area contributed by atoms with Gasteiger partial charge in [0.2, 0.25) is 6.79 Å². The first-order valence-corrected chi connectivity index (χ1v) is 19.0. The van der Waals surface area contributed by atoms with Crippen molar-refractivity contribution in [1.29, 1.82) is 5.26 Å². The number of carbonyl (C=O) groups excluding carboxylic acids is 2. The number of phenols is 2. The van der Waals surface area contributed by atoms with Gasteiger partial charge < -0.3 is 44.0 Å². The topological polar surface area (TPSA) is 181 Å². The van der Waals surface area contributed by atoms with E-state index >= 15 is 0 Å². The van der Waals surface area contributed by atoms with Gasteiger partial charge in [-0.25, -0.2) is 4.79 Å². The van der Waals surface area contributed by atoms with Crippen LogP contribution < -0.4 is 34.3 Å². The number of thioether (sulfide) groups is 1. The van der Waals surface area contributed by atoms with Gasteiger partial charge in [0.15, 0.2) is 40.0 Å². The molecule has 282 valence electrons. The highest BCUT2D eigenvalue weighted by molar-refractivity contribution is 7.99. The van der Waals surface area contributed by atoms with Crippen LogP contribution in [0.3, 0.4) is 0 Å². The number of aromatic hydroxyl groups is 2. The van der Waals surface area contributed by atoms with E-state index in [-0.39, 0.29) is 42.4 Å². The minimum absolute atomic E-state index is 0.0248. The van der Waals surface area contributed by atoms with E-state index in [9.17, 15) is 25.1 Å². The lowest BCUT2D eigenvalue weighted by Gasteiger charge is -2.59. The Balaban J connectivity index is 1.32. The fourth-order valence-electron chi connectivity index (χ4n) is 9.79. The number of carbonyl (C=O) groups is 2. The molecule has 1 spiro atoms. The zero-order valence-electron chi connectivity index (χ0n) is 30.4. The highest BCUT2D eigenvalue weighted by Crippen LogP contribution is 2.63. The van der Waals surface area contributed by atoms with Crippen LogP contribution in [0.15, 0.2) is 18.2 Å². The highest BCUT2D eigenvalue weighted by atomic mass is 32.2. The van der Waals surface area contributed by atoms with E-state index in [0.717, 1.165) is 16.7 Å². The third-order valence-corrected chi connectivity index (χ3v) is 13.4. The maximum Gasteiger partial charge on any atom is 0.331 e. The molecule has 4 N–H and O–H groups in total. The molecule has 0 radical (unpaired) electrons. The van der Waals surface area contributed by atoms with Gasteiger partial charge >= 0.3 is 11.9 Å². The Bertz CT molecular complexity index is 2190. The van der Waals surface area contributed by atoms with Gasteiger partial charge in [0, 0.05) is 53.6 Å². The van der Waals surface area contributed by atoms with E-state index in [2.05, 4.69) is 21.6 Å². The van der Waals surface area contributed by atoms with Gasteiger partial charge in [0.05, 0.1) is 37.6 Å². The smallest absolute Gasteiger partial charge is 0.331 e. The quantitative estimate of drug-likeness (QED) is 0.225. The molecule has 4 bridgehead atoms. The summed E-state index contributed by atoms with van der Waals surface area (Å²) in [5, 5.41) is 40.3. The Morgan fingerprint density at radius 1 is 1.06 bits per heavy atom. The summed E-state index contributed by atoms with van der Waals surface area (Å²) < 4.78 is 35.9. The van der Waals surface area contributed by atoms with Crippen LogP contribution in [0.2, 0.25) is 0 Å². The van der Waals surface area contributed by atoms with Crippen LogP contribution in [0.25, 0.3) is 0 Å². The number of benzene rings is 3. The maximum atomic E-state index is 14.7. The number of ether oxygens (including phenoxy) is 6. The van der Waals surface area contributed by atoms with Crippen LogP contribution in [0, 0.1) is 25.2 Å². The number of phenolic OH excluding ortho intramolecular Hbond substituents is 2. The average Bonchev–Trinajstić information content (AvgIpc) is 3.64. The molecule has 3 aromatic carbocycles. The maximum absolute atomic E-state index is 14.7. The van der Waals surface area contributed by atoms with Crippen LogP contribution in [-0.2, 0) is 32.7 Å². The monoisotopic (exact) mass is 756 g/mol. The van der Waals surface area contributed by atoms with Gasteiger partial charge in [-0.2, -0.15) is 5.26 Å². The van der Waals surface area contributed by atoms with Gasteiger partial charge in [-0.05, 0) is 61.1 Å². The van der Waals surface area contributed by atoms with Crippen molar-refractivity contribution in [3.8, 4) is 46.3 Å². The molecule has 2 saturated heterocycles. The standard InChI is InChI=1S/C39H40N4O10S/c1-16-8-20-9-22-23(12-40)43-24-13-50-38(47)39(21-11-26(48-4)25(45)10-19(21)6-7-41-39)14-54-37(31(43)30(42-22)27(20)32(46)33(16)49-5)29-28(24)36-35(51-15-52-36)17(2)34(29)53-18(3)44/h8,10-11,22-24,30-31,37,41-42,45-46H,6-7,9,13-15H2,1-5H3/t22?,23-,24-,30-,31?,37+,39+/m0/s1. The zero-order valence-corrected chi connectivity index (χ0v) is 31.2. The minimum Gasteiger partial charge on any atom is -0.504 e. The molecule has 7 aliphatic rings. The number of piperazine rings is 1. The number of methoxy groups -OCH3 is 2. The first-order chi connectivity index (χ1) is 26.0. The summed E-state index contributed by atoms with van der Waals surface area (Å²) in [4.78, 5) is 29.7. The number of fused-ring (bicyclic) bond motifs is 9. The number of hydrogen-bond acceptors (Lipinski definition) is 15. The summed E-state index contributed by atoms with van der Waals surface area (Å²) in [6, 6.07) is 5.06. The van der Waals surface area contributed by atoms with Crippen molar-refractivity contribution >= 4 is 23.7 Å². The van der Waals surface area contributed by atoms with E-state index in [1.165, 1.54) is 32.9 Å². The second kappa shape index (κ2) is 12.6. The Labute approximate surface area is 315 Å². The zero-order chi connectivity index (χ0) is 37.8. The molecule has 2 unspecified atom stereocenters. The number of nitrogens with zero attached hydrogens (tertiary/aromatic N) is 2. The van der Waals surface area contributed by atoms with Crippen molar-refractivity contribution in [1.82, 2.24) is 15.5 Å². The largest absolute Gasteiger partial charge is 0.504 e. The summed E-state index contributed by atoms with van der Waals surface area (Å²) in [6.45, 7) is 5.25. The van der Waals surface area contributed by atoms with Gasteiger partial charge in [0.1, 0.15) is 18.4 Å². The molecule has 2 fully saturated rings. The Morgan fingerprint density at radius 3 is 2.59 bits per heavy atom. The third-order valence-electron chi connectivity index (χ3n) is 11.9. The molecule has 7 aliphatic heterocycles. The average molecular weight is 757 g/mol. The molecule has 0 amide bonds. The molecule has 3 aromatic rings. The van der Waals surface area contributed by atoms with E-state index in [1.54, 1.807) is 12.1 Å². The number of nitrogens with one attached hydrogen (secondary N) is 2. The van der Waals surface area contributed by atoms with Crippen LogP contribution in [0.5, 0.6) is 40.2 Å². The van der Waals surface area contributed by atoms with E-state index in [4.69, 9.17) is 28.4 Å². The molecule has 7 atom stereocenters. The lowest BCUT2D eigenvalue weighted by Crippen LogP contribution is -2.69. The van der Waals surface area contributed by atoms with Crippen LogP contribution in [0.1, 0.15) is 68.8 Å². The third kappa shape index (κ3) is 4.76. The predicted molar refractivity (Wildman–Crippen MR) is 193 cm³/mol. The summed E-state index contributed by atoms with van der Waals surface area (Å²) >= 11 is 1.46. The van der Waals surface area contributed by atoms with Gasteiger partial charge in [0.25, 0.3) is 0 Å². The van der Waals surface area contributed by atoms with Crippen molar-refractivity contribution in [2.75, 3.05) is 39.9 Å². The number of hydrogen-bond donors (Lipinski definition) is 4. The molecule has 14 nitrogen and oxygen atoms in total. The fraction of sp³-hybridized carbons (Fsp3) is 0.462.